The van der Waals surface area contributed by atoms with E-state index in [0.29, 0.717) is 4.88 Å². The van der Waals surface area contributed by atoms with Crippen LogP contribution >= 0.6 is 22.9 Å². The number of thiophene rings is 1. The third-order valence-electron chi connectivity index (χ3n) is 2.23. The molecule has 1 aromatic carbocycles. The van der Waals surface area contributed by atoms with Crippen molar-refractivity contribution < 1.29 is 14.7 Å². The largest absolute Gasteiger partial charge is 0.478 e. The summed E-state index contributed by atoms with van der Waals surface area (Å²) in [4.78, 5) is 22.9. The van der Waals surface area contributed by atoms with Gasteiger partial charge in [0, 0.05) is 4.88 Å². The molecule has 17 heavy (non-hydrogen) atoms. The number of aldehydes is 1. The number of carboxylic acids is 1. The molecule has 0 atom stereocenters. The van der Waals surface area contributed by atoms with E-state index in [1.165, 1.54) is 17.4 Å². The Kier molecular flexibility index (Phi) is 3.26. The minimum Gasteiger partial charge on any atom is -0.478 e. The lowest BCUT2D eigenvalue weighted by atomic mass is 10.1. The molecular weight excluding hydrogens is 260 g/mol. The monoisotopic (exact) mass is 266 g/mol. The van der Waals surface area contributed by atoms with Crippen molar-refractivity contribution in [2.24, 2.45) is 0 Å². The minimum atomic E-state index is -1.05. The van der Waals surface area contributed by atoms with Crippen LogP contribution in [0.3, 0.4) is 0 Å². The van der Waals surface area contributed by atoms with Crippen LogP contribution in [0.2, 0.25) is 5.02 Å². The summed E-state index contributed by atoms with van der Waals surface area (Å²) in [7, 11) is 0. The second-order valence-electron chi connectivity index (χ2n) is 3.32. The van der Waals surface area contributed by atoms with Crippen LogP contribution in [0, 0.1) is 0 Å². The first-order chi connectivity index (χ1) is 8.11. The van der Waals surface area contributed by atoms with Crippen molar-refractivity contribution in [3.8, 4) is 10.4 Å². The molecule has 0 aliphatic rings. The zero-order valence-corrected chi connectivity index (χ0v) is 10.1. The number of benzene rings is 1. The summed E-state index contributed by atoms with van der Waals surface area (Å²) < 4.78 is 0. The molecule has 0 fully saturated rings. The van der Waals surface area contributed by atoms with Crippen LogP contribution in [0.4, 0.5) is 0 Å². The summed E-state index contributed by atoms with van der Waals surface area (Å²) in [6.07, 6.45) is 0.779. The first-order valence-electron chi connectivity index (χ1n) is 4.70. The van der Waals surface area contributed by atoms with Gasteiger partial charge < -0.3 is 5.11 Å². The molecular formula is C12H7ClO3S. The van der Waals surface area contributed by atoms with E-state index in [2.05, 4.69) is 0 Å². The number of hydrogen-bond donors (Lipinski definition) is 1. The molecule has 1 heterocycles. The molecule has 0 unspecified atom stereocenters. The van der Waals surface area contributed by atoms with E-state index in [0.717, 1.165) is 16.7 Å². The third kappa shape index (κ3) is 2.38. The van der Waals surface area contributed by atoms with E-state index in [4.69, 9.17) is 16.7 Å². The standard InChI is InChI=1S/C12H7ClO3S/c13-10-5-7(1-3-9(10)12(15)16)11-4-2-8(6-14)17-11/h1-6H,(H,15,16). The highest BCUT2D eigenvalue weighted by atomic mass is 35.5. The number of aromatic carboxylic acids is 1. The predicted octanol–water partition coefficient (Wildman–Crippen LogP) is 3.58. The number of carboxylic acid groups (broad SMARTS) is 1. The molecule has 1 N–H and O–H groups in total. The van der Waals surface area contributed by atoms with Crippen LogP contribution in [0.1, 0.15) is 20.0 Å². The maximum atomic E-state index is 10.8. The molecule has 3 nitrogen and oxygen atoms in total. The van der Waals surface area contributed by atoms with E-state index in [1.54, 1.807) is 24.3 Å². The Labute approximate surface area is 106 Å². The van der Waals surface area contributed by atoms with E-state index in [9.17, 15) is 9.59 Å². The summed E-state index contributed by atoms with van der Waals surface area (Å²) in [5.74, 6) is -1.05. The number of carbonyl (C=O) groups is 2. The van der Waals surface area contributed by atoms with Crippen LogP contribution < -0.4 is 0 Å². The molecule has 0 saturated heterocycles. The van der Waals surface area contributed by atoms with Crippen LogP contribution in [0.5, 0.6) is 0 Å². The highest BCUT2D eigenvalue weighted by Crippen LogP contribution is 2.30. The van der Waals surface area contributed by atoms with Crippen molar-refractivity contribution in [2.75, 3.05) is 0 Å². The molecule has 0 saturated carbocycles. The first-order valence-corrected chi connectivity index (χ1v) is 5.89. The lowest BCUT2D eigenvalue weighted by Gasteiger charge is -2.01. The highest BCUT2D eigenvalue weighted by Gasteiger charge is 2.10. The zero-order valence-electron chi connectivity index (χ0n) is 8.51. The number of rotatable bonds is 3. The van der Waals surface area contributed by atoms with Crippen molar-refractivity contribution >= 4 is 35.2 Å². The fraction of sp³-hybridized carbons (Fsp3) is 0. The van der Waals surface area contributed by atoms with Crippen molar-refractivity contribution in [3.05, 3.63) is 45.8 Å². The van der Waals surface area contributed by atoms with Gasteiger partial charge >= 0.3 is 5.97 Å². The Morgan fingerprint density at radius 3 is 2.59 bits per heavy atom. The van der Waals surface area contributed by atoms with Crippen LogP contribution in [0.15, 0.2) is 30.3 Å². The molecule has 0 amide bonds. The lowest BCUT2D eigenvalue weighted by molar-refractivity contribution is 0.0697. The van der Waals surface area contributed by atoms with Gasteiger partial charge in [0.2, 0.25) is 0 Å². The Morgan fingerprint density at radius 2 is 2.06 bits per heavy atom. The molecule has 2 aromatic rings. The van der Waals surface area contributed by atoms with Crippen molar-refractivity contribution in [1.29, 1.82) is 0 Å². The molecule has 86 valence electrons. The maximum Gasteiger partial charge on any atom is 0.337 e. The molecule has 2 rings (SSSR count). The molecule has 0 aliphatic carbocycles. The van der Waals surface area contributed by atoms with Gasteiger partial charge in [-0.2, -0.15) is 0 Å². The SMILES string of the molecule is O=Cc1ccc(-c2ccc(C(=O)O)c(Cl)c2)s1. The third-order valence-corrected chi connectivity index (χ3v) is 3.60. The highest BCUT2D eigenvalue weighted by molar-refractivity contribution is 7.17. The maximum absolute atomic E-state index is 10.8. The molecule has 5 heteroatoms. The second-order valence-corrected chi connectivity index (χ2v) is 4.84. The first kappa shape index (κ1) is 11.8. The summed E-state index contributed by atoms with van der Waals surface area (Å²) in [5, 5.41) is 9.03. The molecule has 0 spiro atoms. The van der Waals surface area contributed by atoms with Crippen molar-refractivity contribution in [1.82, 2.24) is 0 Å². The number of halogens is 1. The van der Waals surface area contributed by atoms with Gasteiger partial charge in [-0.05, 0) is 29.8 Å². The van der Waals surface area contributed by atoms with E-state index in [1.807, 2.05) is 0 Å². The predicted molar refractivity (Wildman–Crippen MR) is 67.1 cm³/mol. The summed E-state index contributed by atoms with van der Waals surface area (Å²) in [5.41, 5.74) is 0.876. The van der Waals surface area contributed by atoms with Crippen LogP contribution in [-0.4, -0.2) is 17.4 Å². The van der Waals surface area contributed by atoms with Gasteiger partial charge in [-0.25, -0.2) is 4.79 Å². The van der Waals surface area contributed by atoms with Gasteiger partial charge in [0.05, 0.1) is 15.5 Å². The van der Waals surface area contributed by atoms with Gasteiger partial charge in [0.1, 0.15) is 0 Å². The quantitative estimate of drug-likeness (QED) is 0.864. The summed E-state index contributed by atoms with van der Waals surface area (Å²) in [6.45, 7) is 0. The fourth-order valence-corrected chi connectivity index (χ4v) is 2.49. The Hall–Kier alpha value is -1.65. The summed E-state index contributed by atoms with van der Waals surface area (Å²) >= 11 is 7.20. The molecule has 1 aromatic heterocycles. The molecule has 0 aliphatic heterocycles. The van der Waals surface area contributed by atoms with Crippen LogP contribution in [-0.2, 0) is 0 Å². The van der Waals surface area contributed by atoms with E-state index < -0.39 is 5.97 Å². The van der Waals surface area contributed by atoms with E-state index in [-0.39, 0.29) is 10.6 Å². The topological polar surface area (TPSA) is 54.4 Å². The van der Waals surface area contributed by atoms with Gasteiger partial charge in [-0.1, -0.05) is 17.7 Å². The van der Waals surface area contributed by atoms with Crippen molar-refractivity contribution in [3.63, 3.8) is 0 Å². The Morgan fingerprint density at radius 1 is 1.29 bits per heavy atom. The normalized spacial score (nSPS) is 10.2. The second kappa shape index (κ2) is 4.69. The summed E-state index contributed by atoms with van der Waals surface area (Å²) in [6, 6.07) is 8.24. The Balaban J connectivity index is 2.43. The van der Waals surface area contributed by atoms with E-state index >= 15 is 0 Å². The minimum absolute atomic E-state index is 0.0718. The fourth-order valence-electron chi connectivity index (χ4n) is 1.41. The number of hydrogen-bond acceptors (Lipinski definition) is 3. The average Bonchev–Trinajstić information content (AvgIpc) is 2.76. The van der Waals surface area contributed by atoms with Gasteiger partial charge in [-0.15, -0.1) is 11.3 Å². The van der Waals surface area contributed by atoms with Gasteiger partial charge in [-0.3, -0.25) is 4.79 Å². The lowest BCUT2D eigenvalue weighted by Crippen LogP contribution is -1.96. The zero-order chi connectivity index (χ0) is 12.4. The van der Waals surface area contributed by atoms with Crippen molar-refractivity contribution in [2.45, 2.75) is 0 Å². The Bertz CT molecular complexity index is 589. The van der Waals surface area contributed by atoms with Gasteiger partial charge in [0.25, 0.3) is 0 Å². The smallest absolute Gasteiger partial charge is 0.337 e. The van der Waals surface area contributed by atoms with Crippen LogP contribution in [0.25, 0.3) is 10.4 Å². The van der Waals surface area contributed by atoms with Gasteiger partial charge in [0.15, 0.2) is 6.29 Å². The average molecular weight is 267 g/mol. The molecule has 0 radical (unpaired) electrons. The number of carbonyl (C=O) groups excluding carboxylic acids is 1. The molecule has 0 bridgehead atoms.